The summed E-state index contributed by atoms with van der Waals surface area (Å²) >= 11 is 7.37. The van der Waals surface area contributed by atoms with Crippen LogP contribution in [0.4, 0.5) is 10.5 Å². The van der Waals surface area contributed by atoms with Gasteiger partial charge in [-0.3, -0.25) is 14.5 Å². The molecule has 0 N–H and O–H groups in total. The van der Waals surface area contributed by atoms with E-state index >= 15 is 0 Å². The fourth-order valence-electron chi connectivity index (χ4n) is 4.03. The zero-order valence-corrected chi connectivity index (χ0v) is 19.5. The number of thioether (sulfide) groups is 1. The molecule has 160 valence electrons. The maximum Gasteiger partial charge on any atom is 0.328 e. The predicted octanol–water partition coefficient (Wildman–Crippen LogP) is 4.96. The first-order valence-corrected chi connectivity index (χ1v) is 10.9. The summed E-state index contributed by atoms with van der Waals surface area (Å²) in [4.78, 5) is 40.3. The summed E-state index contributed by atoms with van der Waals surface area (Å²) in [7, 11) is 1.22. The van der Waals surface area contributed by atoms with E-state index in [1.165, 1.54) is 14.0 Å². The number of imide groups is 1. The number of hydrogen-bond acceptors (Lipinski definition) is 6. The van der Waals surface area contributed by atoms with Crippen molar-refractivity contribution in [3.8, 4) is 0 Å². The first-order chi connectivity index (χ1) is 14.0. The van der Waals surface area contributed by atoms with Crippen molar-refractivity contribution in [2.45, 2.75) is 46.2 Å². The van der Waals surface area contributed by atoms with E-state index in [0.29, 0.717) is 10.6 Å². The number of nitrogens with zero attached hydrogens (tertiary/aromatic N) is 2. The van der Waals surface area contributed by atoms with Gasteiger partial charge in [-0.05, 0) is 75.7 Å². The quantitative estimate of drug-likeness (QED) is 0.479. The fraction of sp³-hybridized carbons (Fsp3) is 0.409. The van der Waals surface area contributed by atoms with Crippen LogP contribution < -0.4 is 4.90 Å². The average Bonchev–Trinajstić information content (AvgIpc) is 2.94. The van der Waals surface area contributed by atoms with Crippen molar-refractivity contribution in [1.82, 2.24) is 4.90 Å². The molecule has 1 saturated heterocycles. The Morgan fingerprint density at radius 2 is 2.00 bits per heavy atom. The van der Waals surface area contributed by atoms with Crippen molar-refractivity contribution in [3.63, 3.8) is 0 Å². The third kappa shape index (κ3) is 3.76. The first kappa shape index (κ1) is 22.4. The van der Waals surface area contributed by atoms with Crippen LogP contribution >= 0.6 is 23.4 Å². The number of carbonyl (C=O) groups is 3. The van der Waals surface area contributed by atoms with Crippen molar-refractivity contribution in [3.05, 3.63) is 39.3 Å². The van der Waals surface area contributed by atoms with Crippen molar-refractivity contribution < 1.29 is 19.1 Å². The maximum atomic E-state index is 12.8. The van der Waals surface area contributed by atoms with Gasteiger partial charge in [-0.2, -0.15) is 0 Å². The van der Waals surface area contributed by atoms with Crippen LogP contribution in [-0.4, -0.2) is 47.3 Å². The molecule has 0 radical (unpaired) electrons. The van der Waals surface area contributed by atoms with E-state index in [-0.39, 0.29) is 10.4 Å². The summed E-state index contributed by atoms with van der Waals surface area (Å²) in [6.45, 7) is 10.7. The van der Waals surface area contributed by atoms with E-state index in [2.05, 4.69) is 43.4 Å². The first-order valence-electron chi connectivity index (χ1n) is 9.67. The molecule has 6 nitrogen and oxygen atoms in total. The van der Waals surface area contributed by atoms with E-state index in [1.807, 2.05) is 12.1 Å². The standard InChI is InChI=1S/C22H25ClN2O4S/c1-7-24-17-10-16(23)14(8-15(17)12(2)11-22(24,4)5)9-18-19(26)25(21(28)30-18)13(3)20(27)29-6/h8-11,13H,7H2,1-6H3/b18-9-. The molecule has 2 aliphatic rings. The van der Waals surface area contributed by atoms with Crippen LogP contribution in [0.15, 0.2) is 23.1 Å². The number of halogens is 1. The molecule has 1 aromatic rings. The lowest BCUT2D eigenvalue weighted by atomic mass is 9.88. The number of anilines is 1. The number of methoxy groups -OCH3 is 1. The van der Waals surface area contributed by atoms with E-state index in [0.717, 1.165) is 40.0 Å². The number of carbonyl (C=O) groups excluding carboxylic acids is 3. The lowest BCUT2D eigenvalue weighted by Gasteiger charge is -2.43. The lowest BCUT2D eigenvalue weighted by Crippen LogP contribution is -2.44. The van der Waals surface area contributed by atoms with Crippen LogP contribution in [0.5, 0.6) is 0 Å². The van der Waals surface area contributed by atoms with E-state index in [4.69, 9.17) is 11.6 Å². The van der Waals surface area contributed by atoms with Gasteiger partial charge in [0, 0.05) is 22.8 Å². The molecule has 0 spiro atoms. The Morgan fingerprint density at radius 3 is 2.60 bits per heavy atom. The number of ether oxygens (including phenoxy) is 1. The molecule has 3 rings (SSSR count). The Hall–Kier alpha value is -2.25. The van der Waals surface area contributed by atoms with Crippen LogP contribution in [0.1, 0.15) is 45.7 Å². The maximum absolute atomic E-state index is 12.8. The van der Waals surface area contributed by atoms with Crippen LogP contribution in [-0.2, 0) is 14.3 Å². The normalized spacial score (nSPS) is 20.4. The van der Waals surface area contributed by atoms with Crippen LogP contribution in [0.25, 0.3) is 11.6 Å². The molecular formula is C22H25ClN2O4S. The summed E-state index contributed by atoms with van der Waals surface area (Å²) < 4.78 is 4.66. The van der Waals surface area contributed by atoms with Crippen LogP contribution in [0.3, 0.4) is 0 Å². The van der Waals surface area contributed by atoms with Gasteiger partial charge >= 0.3 is 5.97 Å². The molecule has 0 saturated carbocycles. The highest BCUT2D eigenvalue weighted by molar-refractivity contribution is 8.18. The van der Waals surface area contributed by atoms with Crippen LogP contribution in [0.2, 0.25) is 5.02 Å². The molecule has 2 amide bonds. The topological polar surface area (TPSA) is 66.9 Å². The van der Waals surface area contributed by atoms with Crippen molar-refractivity contribution in [1.29, 1.82) is 0 Å². The SMILES string of the molecule is CCN1c2cc(Cl)c(/C=C3\SC(=O)N(C(C)C(=O)OC)C3=O)cc2C(C)=CC1(C)C. The number of likely N-dealkylation sites (N-methyl/N-ethyl adjacent to an activating group) is 1. The van der Waals surface area contributed by atoms with Gasteiger partial charge in [-0.25, -0.2) is 4.79 Å². The Bertz CT molecular complexity index is 999. The average molecular weight is 449 g/mol. The molecular weight excluding hydrogens is 424 g/mol. The molecule has 0 aliphatic carbocycles. The Morgan fingerprint density at radius 1 is 1.33 bits per heavy atom. The Labute approximate surface area is 185 Å². The smallest absolute Gasteiger partial charge is 0.328 e. The number of hydrogen-bond donors (Lipinski definition) is 0. The lowest BCUT2D eigenvalue weighted by molar-refractivity contribution is -0.148. The number of benzene rings is 1. The molecule has 1 unspecified atom stereocenters. The summed E-state index contributed by atoms with van der Waals surface area (Å²) in [5.74, 6) is -1.17. The zero-order chi connectivity index (χ0) is 22.4. The predicted molar refractivity (Wildman–Crippen MR) is 121 cm³/mol. The summed E-state index contributed by atoms with van der Waals surface area (Å²) in [6, 6.07) is 2.86. The van der Waals surface area contributed by atoms with E-state index in [9.17, 15) is 14.4 Å². The molecule has 8 heteroatoms. The minimum absolute atomic E-state index is 0.136. The van der Waals surface area contributed by atoms with E-state index < -0.39 is 23.2 Å². The summed E-state index contributed by atoms with van der Waals surface area (Å²) in [5.41, 5.74) is 3.71. The Kier molecular flexibility index (Phi) is 6.07. The van der Waals surface area contributed by atoms with E-state index in [1.54, 1.807) is 6.08 Å². The van der Waals surface area contributed by atoms with Gasteiger partial charge in [0.2, 0.25) is 0 Å². The van der Waals surface area contributed by atoms with Gasteiger partial charge in [0.1, 0.15) is 6.04 Å². The van der Waals surface area contributed by atoms with Gasteiger partial charge in [0.15, 0.2) is 0 Å². The summed E-state index contributed by atoms with van der Waals surface area (Å²) in [5, 5.41) is -0.0151. The van der Waals surface area contributed by atoms with Crippen molar-refractivity contribution in [2.24, 2.45) is 0 Å². The largest absolute Gasteiger partial charge is 0.467 e. The highest BCUT2D eigenvalue weighted by Crippen LogP contribution is 2.42. The molecule has 0 bridgehead atoms. The second-order valence-corrected chi connectivity index (χ2v) is 9.27. The highest BCUT2D eigenvalue weighted by Gasteiger charge is 2.41. The second kappa shape index (κ2) is 8.12. The monoisotopic (exact) mass is 448 g/mol. The minimum atomic E-state index is -0.988. The third-order valence-electron chi connectivity index (χ3n) is 5.45. The molecule has 0 aromatic heterocycles. The molecule has 30 heavy (non-hydrogen) atoms. The number of fused-ring (bicyclic) bond motifs is 1. The number of amides is 2. The second-order valence-electron chi connectivity index (χ2n) is 7.87. The zero-order valence-electron chi connectivity index (χ0n) is 17.9. The van der Waals surface area contributed by atoms with Crippen LogP contribution in [0, 0.1) is 0 Å². The molecule has 1 fully saturated rings. The van der Waals surface area contributed by atoms with Crippen molar-refractivity contribution in [2.75, 3.05) is 18.6 Å². The van der Waals surface area contributed by atoms with Gasteiger partial charge in [0.05, 0.1) is 17.6 Å². The number of allylic oxidation sites excluding steroid dienone is 1. The highest BCUT2D eigenvalue weighted by atomic mass is 35.5. The van der Waals surface area contributed by atoms with Gasteiger partial charge in [0.25, 0.3) is 11.1 Å². The number of esters is 1. The Balaban J connectivity index is 2.02. The van der Waals surface area contributed by atoms with Gasteiger partial charge in [-0.15, -0.1) is 0 Å². The molecule has 2 heterocycles. The van der Waals surface area contributed by atoms with Gasteiger partial charge < -0.3 is 9.64 Å². The molecule has 1 aromatic carbocycles. The number of rotatable bonds is 4. The molecule has 2 aliphatic heterocycles. The summed E-state index contributed by atoms with van der Waals surface area (Å²) in [6.07, 6.45) is 3.82. The molecule has 1 atom stereocenters. The fourth-order valence-corrected chi connectivity index (χ4v) is 5.15. The third-order valence-corrected chi connectivity index (χ3v) is 6.66. The van der Waals surface area contributed by atoms with Crippen molar-refractivity contribution >= 4 is 57.8 Å². The van der Waals surface area contributed by atoms with Gasteiger partial charge in [-0.1, -0.05) is 17.7 Å². The minimum Gasteiger partial charge on any atom is -0.467 e.